The van der Waals surface area contributed by atoms with Gasteiger partial charge in [-0.1, -0.05) is 20.8 Å². The minimum absolute atomic E-state index is 0.129. The first-order chi connectivity index (χ1) is 9.88. The van der Waals surface area contributed by atoms with Crippen LogP contribution in [0.4, 0.5) is 0 Å². The van der Waals surface area contributed by atoms with Gasteiger partial charge in [-0.05, 0) is 44.5 Å². The highest BCUT2D eigenvalue weighted by Crippen LogP contribution is 2.32. The Labute approximate surface area is 131 Å². The molecule has 21 heavy (non-hydrogen) atoms. The van der Waals surface area contributed by atoms with Crippen molar-refractivity contribution < 1.29 is 0 Å². The van der Waals surface area contributed by atoms with Crippen molar-refractivity contribution in [3.05, 3.63) is 45.7 Å². The molecule has 1 atom stereocenters. The molecule has 0 aliphatic heterocycles. The predicted molar refractivity (Wildman–Crippen MR) is 89.9 cm³/mol. The van der Waals surface area contributed by atoms with E-state index in [9.17, 15) is 0 Å². The van der Waals surface area contributed by atoms with Crippen molar-refractivity contribution >= 4 is 11.3 Å². The monoisotopic (exact) mass is 303 g/mol. The highest BCUT2D eigenvalue weighted by atomic mass is 32.1. The summed E-state index contributed by atoms with van der Waals surface area (Å²) in [4.78, 5) is 10.1. The maximum Gasteiger partial charge on any atom is 0.0985 e. The average Bonchev–Trinajstić information content (AvgIpc) is 2.82. The summed E-state index contributed by atoms with van der Waals surface area (Å²) in [6, 6.07) is 4.49. The Morgan fingerprint density at radius 3 is 2.48 bits per heavy atom. The first-order valence-electron chi connectivity index (χ1n) is 7.48. The third-order valence-corrected chi connectivity index (χ3v) is 5.25. The lowest BCUT2D eigenvalue weighted by Gasteiger charge is -2.14. The number of aryl methyl sites for hydroxylation is 1. The molecule has 0 spiro atoms. The smallest absolute Gasteiger partial charge is 0.0985 e. The number of pyridine rings is 1. The van der Waals surface area contributed by atoms with E-state index in [0.29, 0.717) is 6.04 Å². The summed E-state index contributed by atoms with van der Waals surface area (Å²) in [5.74, 6) is 0. The molecule has 3 nitrogen and oxygen atoms in total. The van der Waals surface area contributed by atoms with E-state index in [-0.39, 0.29) is 5.41 Å². The quantitative estimate of drug-likeness (QED) is 0.906. The van der Waals surface area contributed by atoms with Crippen LogP contribution in [-0.4, -0.2) is 16.5 Å². The molecule has 0 bridgehead atoms. The zero-order valence-electron chi connectivity index (χ0n) is 13.6. The molecule has 2 aromatic heterocycles. The molecule has 0 aliphatic carbocycles. The fraction of sp³-hybridized carbons (Fsp3) is 0.529. The summed E-state index contributed by atoms with van der Waals surface area (Å²) in [5.41, 5.74) is 2.61. The van der Waals surface area contributed by atoms with Gasteiger partial charge in [0, 0.05) is 28.7 Å². The van der Waals surface area contributed by atoms with Crippen LogP contribution in [0.1, 0.15) is 54.9 Å². The molecule has 2 aromatic rings. The second-order valence-electron chi connectivity index (χ2n) is 6.50. The van der Waals surface area contributed by atoms with E-state index in [1.54, 1.807) is 0 Å². The van der Waals surface area contributed by atoms with E-state index < -0.39 is 0 Å². The normalized spacial score (nSPS) is 13.4. The van der Waals surface area contributed by atoms with Crippen LogP contribution in [0.3, 0.4) is 0 Å². The summed E-state index contributed by atoms with van der Waals surface area (Å²) in [5, 5.41) is 4.82. The number of nitrogens with one attached hydrogen (secondary N) is 1. The fourth-order valence-electron chi connectivity index (χ4n) is 2.21. The van der Waals surface area contributed by atoms with Gasteiger partial charge in [0.05, 0.1) is 10.7 Å². The molecule has 1 N–H and O–H groups in total. The van der Waals surface area contributed by atoms with Gasteiger partial charge in [-0.3, -0.25) is 4.98 Å². The summed E-state index contributed by atoms with van der Waals surface area (Å²) in [7, 11) is 0. The Kier molecular flexibility index (Phi) is 5.12. The first-order valence-corrected chi connectivity index (χ1v) is 8.29. The average molecular weight is 303 g/mol. The maximum atomic E-state index is 4.74. The van der Waals surface area contributed by atoms with Gasteiger partial charge in [-0.25, -0.2) is 4.98 Å². The van der Waals surface area contributed by atoms with Gasteiger partial charge in [0.1, 0.15) is 0 Å². The van der Waals surface area contributed by atoms with Gasteiger partial charge in [-0.2, -0.15) is 0 Å². The Balaban J connectivity index is 1.94. The number of aromatic nitrogens is 2. The standard InChI is InChI=1S/C17H25N3S/c1-12(19-11-8-14-6-9-18-10-7-14)15-13(2)20-16(21-15)17(3,4)5/h6-7,9-10,12,19H,8,11H2,1-5H3. The van der Waals surface area contributed by atoms with Crippen LogP contribution >= 0.6 is 11.3 Å². The predicted octanol–water partition coefficient (Wildman–Crippen LogP) is 4.04. The van der Waals surface area contributed by atoms with Crippen molar-refractivity contribution in [2.45, 2.75) is 52.5 Å². The van der Waals surface area contributed by atoms with Gasteiger partial charge in [-0.15, -0.1) is 11.3 Å². The number of thiazole rings is 1. The van der Waals surface area contributed by atoms with Crippen molar-refractivity contribution in [2.75, 3.05) is 6.54 Å². The lowest BCUT2D eigenvalue weighted by Crippen LogP contribution is -2.21. The number of nitrogens with zero attached hydrogens (tertiary/aromatic N) is 2. The molecular weight excluding hydrogens is 278 g/mol. The molecule has 1 unspecified atom stereocenters. The second kappa shape index (κ2) is 6.67. The van der Waals surface area contributed by atoms with E-state index in [1.807, 2.05) is 23.7 Å². The van der Waals surface area contributed by atoms with Crippen molar-refractivity contribution in [1.82, 2.24) is 15.3 Å². The molecular formula is C17H25N3S. The number of hydrogen-bond donors (Lipinski definition) is 1. The molecule has 0 radical (unpaired) electrons. The van der Waals surface area contributed by atoms with Crippen LogP contribution in [0.5, 0.6) is 0 Å². The maximum absolute atomic E-state index is 4.74. The molecule has 114 valence electrons. The van der Waals surface area contributed by atoms with E-state index in [2.05, 4.69) is 57.1 Å². The molecule has 4 heteroatoms. The van der Waals surface area contributed by atoms with Crippen molar-refractivity contribution in [3.63, 3.8) is 0 Å². The Hall–Kier alpha value is -1.26. The number of rotatable bonds is 5. The lowest BCUT2D eigenvalue weighted by molar-refractivity contribution is 0.578. The molecule has 0 fully saturated rings. The summed E-state index contributed by atoms with van der Waals surface area (Å²) < 4.78 is 0. The zero-order chi connectivity index (χ0) is 15.5. The molecule has 0 aliphatic rings. The molecule has 0 amide bonds. The Bertz CT molecular complexity index is 569. The van der Waals surface area contributed by atoms with Crippen LogP contribution in [0, 0.1) is 6.92 Å². The summed E-state index contributed by atoms with van der Waals surface area (Å²) in [6.07, 6.45) is 4.72. The minimum atomic E-state index is 0.129. The van der Waals surface area contributed by atoms with Gasteiger partial charge in [0.15, 0.2) is 0 Å². The van der Waals surface area contributed by atoms with E-state index in [1.165, 1.54) is 15.4 Å². The van der Waals surface area contributed by atoms with Crippen LogP contribution in [-0.2, 0) is 11.8 Å². The van der Waals surface area contributed by atoms with Crippen molar-refractivity contribution in [2.24, 2.45) is 0 Å². The molecule has 0 aromatic carbocycles. The molecule has 2 heterocycles. The SMILES string of the molecule is Cc1nc(C(C)(C)C)sc1C(C)NCCc1ccncc1. The first kappa shape index (κ1) is 16.1. The highest BCUT2D eigenvalue weighted by Gasteiger charge is 2.22. The van der Waals surface area contributed by atoms with E-state index >= 15 is 0 Å². The van der Waals surface area contributed by atoms with Gasteiger partial charge >= 0.3 is 0 Å². The lowest BCUT2D eigenvalue weighted by atomic mass is 9.98. The Morgan fingerprint density at radius 2 is 1.90 bits per heavy atom. The fourth-order valence-corrected chi connectivity index (χ4v) is 3.36. The Morgan fingerprint density at radius 1 is 1.24 bits per heavy atom. The van der Waals surface area contributed by atoms with Gasteiger partial charge < -0.3 is 5.32 Å². The second-order valence-corrected chi connectivity index (χ2v) is 7.53. The third kappa shape index (κ3) is 4.35. The van der Waals surface area contributed by atoms with E-state index in [0.717, 1.165) is 18.7 Å². The van der Waals surface area contributed by atoms with Crippen LogP contribution in [0.2, 0.25) is 0 Å². The molecule has 0 saturated carbocycles. The summed E-state index contributed by atoms with van der Waals surface area (Å²) in [6.45, 7) is 12.0. The molecule has 2 rings (SSSR count). The highest BCUT2D eigenvalue weighted by molar-refractivity contribution is 7.12. The zero-order valence-corrected chi connectivity index (χ0v) is 14.4. The van der Waals surface area contributed by atoms with Gasteiger partial charge in [0.2, 0.25) is 0 Å². The minimum Gasteiger partial charge on any atom is -0.309 e. The number of hydrogen-bond acceptors (Lipinski definition) is 4. The summed E-state index contributed by atoms with van der Waals surface area (Å²) >= 11 is 1.84. The van der Waals surface area contributed by atoms with Gasteiger partial charge in [0.25, 0.3) is 0 Å². The molecule has 0 saturated heterocycles. The largest absolute Gasteiger partial charge is 0.309 e. The third-order valence-electron chi connectivity index (χ3n) is 3.48. The topological polar surface area (TPSA) is 37.8 Å². The van der Waals surface area contributed by atoms with Crippen LogP contribution in [0.15, 0.2) is 24.5 Å². The van der Waals surface area contributed by atoms with Crippen molar-refractivity contribution in [1.29, 1.82) is 0 Å². The van der Waals surface area contributed by atoms with Crippen LogP contribution in [0.25, 0.3) is 0 Å². The van der Waals surface area contributed by atoms with Crippen LogP contribution < -0.4 is 5.32 Å². The van der Waals surface area contributed by atoms with E-state index in [4.69, 9.17) is 4.98 Å². The van der Waals surface area contributed by atoms with Crippen molar-refractivity contribution in [3.8, 4) is 0 Å².